The summed E-state index contributed by atoms with van der Waals surface area (Å²) in [7, 11) is 4.90. The highest BCUT2D eigenvalue weighted by molar-refractivity contribution is 5.95. The zero-order chi connectivity index (χ0) is 25.4. The molecular formula is C25H26FN7O3. The first-order chi connectivity index (χ1) is 17.4. The number of benzene rings is 2. The van der Waals surface area contributed by atoms with Crippen LogP contribution in [0.4, 0.5) is 10.1 Å². The maximum Gasteiger partial charge on any atom is 0.273 e. The van der Waals surface area contributed by atoms with E-state index in [1.165, 1.54) is 26.3 Å². The van der Waals surface area contributed by atoms with Crippen LogP contribution in [0.1, 0.15) is 10.4 Å². The smallest absolute Gasteiger partial charge is 0.273 e. The lowest BCUT2D eigenvalue weighted by Crippen LogP contribution is -2.44. The van der Waals surface area contributed by atoms with Crippen molar-refractivity contribution >= 4 is 22.6 Å². The number of fused-ring (bicyclic) bond motifs is 1. The summed E-state index contributed by atoms with van der Waals surface area (Å²) in [5, 5.41) is 14.1. The number of H-pyrrole nitrogens is 1. The van der Waals surface area contributed by atoms with Crippen LogP contribution in [-0.4, -0.2) is 78.2 Å². The van der Waals surface area contributed by atoms with Crippen LogP contribution in [0.2, 0.25) is 0 Å². The lowest BCUT2D eigenvalue weighted by molar-refractivity contribution is 0.0962. The Balaban J connectivity index is 1.55. The van der Waals surface area contributed by atoms with Gasteiger partial charge < -0.3 is 19.9 Å². The predicted octanol–water partition coefficient (Wildman–Crippen LogP) is 2.03. The van der Waals surface area contributed by atoms with Gasteiger partial charge in [-0.3, -0.25) is 14.7 Å². The average molecular weight is 492 g/mol. The first kappa shape index (κ1) is 23.5. The number of aromatic nitrogens is 4. The van der Waals surface area contributed by atoms with E-state index in [2.05, 4.69) is 37.5 Å². The molecule has 1 fully saturated rings. The molecule has 186 valence electrons. The number of rotatable bonds is 5. The van der Waals surface area contributed by atoms with Gasteiger partial charge in [-0.15, -0.1) is 0 Å². The molecule has 2 aromatic heterocycles. The van der Waals surface area contributed by atoms with Gasteiger partial charge in [0.1, 0.15) is 22.6 Å². The molecule has 1 aliphatic heterocycles. The van der Waals surface area contributed by atoms with E-state index in [-0.39, 0.29) is 17.0 Å². The van der Waals surface area contributed by atoms with Crippen LogP contribution < -0.4 is 20.5 Å². The van der Waals surface area contributed by atoms with Crippen molar-refractivity contribution in [2.75, 3.05) is 52.3 Å². The number of nitrogens with one attached hydrogen (secondary N) is 2. The van der Waals surface area contributed by atoms with Crippen LogP contribution in [0.25, 0.3) is 28.0 Å². The zero-order valence-electron chi connectivity index (χ0n) is 20.2. The first-order valence-electron chi connectivity index (χ1n) is 11.5. The monoisotopic (exact) mass is 491 g/mol. The van der Waals surface area contributed by atoms with Crippen LogP contribution in [0.3, 0.4) is 0 Å². The fourth-order valence-electron chi connectivity index (χ4n) is 4.35. The van der Waals surface area contributed by atoms with Crippen LogP contribution >= 0.6 is 0 Å². The van der Waals surface area contributed by atoms with Crippen molar-refractivity contribution in [1.29, 1.82) is 0 Å². The van der Waals surface area contributed by atoms with Gasteiger partial charge in [-0.05, 0) is 31.3 Å². The largest absolute Gasteiger partial charge is 0.494 e. The molecule has 2 N–H and O–H groups in total. The van der Waals surface area contributed by atoms with Crippen molar-refractivity contribution in [3.63, 3.8) is 0 Å². The van der Waals surface area contributed by atoms with E-state index in [1.807, 2.05) is 24.3 Å². The molecule has 0 spiro atoms. The maximum atomic E-state index is 15.2. The number of hydrogen-bond acceptors (Lipinski definition) is 7. The van der Waals surface area contributed by atoms with Gasteiger partial charge in [-0.1, -0.05) is 12.1 Å². The molecule has 0 radical (unpaired) electrons. The number of hydrogen-bond donors (Lipinski definition) is 2. The highest BCUT2D eigenvalue weighted by Gasteiger charge is 2.21. The molecule has 4 aromatic rings. The van der Waals surface area contributed by atoms with Crippen molar-refractivity contribution in [1.82, 2.24) is 30.2 Å². The Morgan fingerprint density at radius 3 is 2.50 bits per heavy atom. The minimum absolute atomic E-state index is 0.00382. The van der Waals surface area contributed by atoms with Crippen LogP contribution in [0.15, 0.2) is 47.3 Å². The molecule has 2 aromatic carbocycles. The maximum absolute atomic E-state index is 15.2. The Morgan fingerprint density at radius 1 is 1.11 bits per heavy atom. The fourth-order valence-corrected chi connectivity index (χ4v) is 4.35. The second-order valence-electron chi connectivity index (χ2n) is 8.65. The van der Waals surface area contributed by atoms with E-state index in [0.29, 0.717) is 16.7 Å². The normalized spacial score (nSPS) is 14.3. The molecule has 36 heavy (non-hydrogen) atoms. The number of halogens is 1. The highest BCUT2D eigenvalue weighted by atomic mass is 19.1. The minimum atomic E-state index is -0.816. The number of aromatic amines is 1. The topological polar surface area (TPSA) is 108 Å². The molecule has 0 unspecified atom stereocenters. The number of carbonyl (C=O) groups excluding carboxylic acids is 1. The first-order valence-corrected chi connectivity index (χ1v) is 11.5. The van der Waals surface area contributed by atoms with Crippen LogP contribution in [0, 0.1) is 5.82 Å². The van der Waals surface area contributed by atoms with E-state index >= 15 is 4.39 Å². The van der Waals surface area contributed by atoms with Crippen molar-refractivity contribution in [2.24, 2.45) is 0 Å². The van der Waals surface area contributed by atoms with E-state index in [4.69, 9.17) is 4.74 Å². The van der Waals surface area contributed by atoms with E-state index in [1.54, 1.807) is 0 Å². The summed E-state index contributed by atoms with van der Waals surface area (Å²) >= 11 is 0. The Kier molecular flexibility index (Phi) is 6.15. The number of anilines is 1. The van der Waals surface area contributed by atoms with E-state index in [9.17, 15) is 9.59 Å². The van der Waals surface area contributed by atoms with Gasteiger partial charge in [-0.2, -0.15) is 14.9 Å². The molecule has 1 saturated heterocycles. The minimum Gasteiger partial charge on any atom is -0.494 e. The van der Waals surface area contributed by atoms with Crippen molar-refractivity contribution < 1.29 is 13.9 Å². The molecule has 5 rings (SSSR count). The summed E-state index contributed by atoms with van der Waals surface area (Å²) in [4.78, 5) is 29.5. The summed E-state index contributed by atoms with van der Waals surface area (Å²) in [6.07, 6.45) is 0. The second kappa shape index (κ2) is 9.42. The van der Waals surface area contributed by atoms with Crippen LogP contribution in [0.5, 0.6) is 5.75 Å². The molecule has 0 atom stereocenters. The third-order valence-electron chi connectivity index (χ3n) is 6.40. The molecule has 0 saturated carbocycles. The number of methoxy groups -OCH3 is 1. The molecule has 3 heterocycles. The van der Waals surface area contributed by atoms with Crippen molar-refractivity contribution in [2.45, 2.75) is 0 Å². The third-order valence-corrected chi connectivity index (χ3v) is 6.40. The Morgan fingerprint density at radius 2 is 1.83 bits per heavy atom. The fraction of sp³-hybridized carbons (Fsp3) is 0.280. The van der Waals surface area contributed by atoms with Gasteiger partial charge in [0, 0.05) is 56.1 Å². The summed E-state index contributed by atoms with van der Waals surface area (Å²) in [5.41, 5.74) is 2.59. The summed E-state index contributed by atoms with van der Waals surface area (Å²) < 4.78 is 21.4. The summed E-state index contributed by atoms with van der Waals surface area (Å²) in [6.45, 7) is 3.94. The lowest BCUT2D eigenvalue weighted by Gasteiger charge is -2.34. The summed E-state index contributed by atoms with van der Waals surface area (Å²) in [5.74, 6) is -1.29. The number of carbonyl (C=O) groups is 1. The number of ether oxygens (including phenoxy) is 1. The zero-order valence-corrected chi connectivity index (χ0v) is 20.2. The van der Waals surface area contributed by atoms with Gasteiger partial charge in [-0.25, -0.2) is 4.39 Å². The van der Waals surface area contributed by atoms with Crippen LogP contribution in [-0.2, 0) is 0 Å². The standard InChI is InChI=1S/C25H26FN7O3/c1-27-25(35)16-12-18(26)24(20(13-16)36-3)33-21(34)14-19-23(30-33)22(29-28-19)15-4-6-17(7-5-15)32-10-8-31(2)9-11-32/h4-7,12-14,28H,8-11H2,1-3H3,(H,27,35). The predicted molar refractivity (Wildman–Crippen MR) is 135 cm³/mol. The molecule has 1 aliphatic rings. The molecule has 10 nitrogen and oxygen atoms in total. The highest BCUT2D eigenvalue weighted by Crippen LogP contribution is 2.29. The number of nitrogens with zero attached hydrogens (tertiary/aromatic N) is 5. The van der Waals surface area contributed by atoms with Gasteiger partial charge in [0.2, 0.25) is 0 Å². The molecule has 0 bridgehead atoms. The molecule has 11 heteroatoms. The average Bonchev–Trinajstić information content (AvgIpc) is 3.30. The third kappa shape index (κ3) is 4.17. The molecular weight excluding hydrogens is 465 g/mol. The Hall–Kier alpha value is -4.25. The SMILES string of the molecule is CNC(=O)c1cc(F)c(-n2nc3c(-c4ccc(N5CCN(C)CC5)cc4)n[nH]c3cc2=O)c(OC)c1. The second-order valence-corrected chi connectivity index (χ2v) is 8.65. The Labute approximate surface area is 206 Å². The van der Waals surface area contributed by atoms with Crippen molar-refractivity contribution in [3.8, 4) is 22.7 Å². The number of piperazine rings is 1. The van der Waals surface area contributed by atoms with E-state index in [0.717, 1.165) is 48.2 Å². The van der Waals surface area contributed by atoms with Gasteiger partial charge in [0.05, 0.1) is 12.6 Å². The lowest BCUT2D eigenvalue weighted by atomic mass is 10.1. The summed E-state index contributed by atoms with van der Waals surface area (Å²) in [6, 6.07) is 11.7. The quantitative estimate of drug-likeness (QED) is 0.440. The number of likely N-dealkylation sites (N-methyl/N-ethyl adjacent to an activating group) is 1. The Bertz CT molecular complexity index is 1490. The van der Waals surface area contributed by atoms with Gasteiger partial charge in [0.25, 0.3) is 11.5 Å². The molecule has 0 aliphatic carbocycles. The van der Waals surface area contributed by atoms with E-state index < -0.39 is 17.3 Å². The molecule has 1 amide bonds. The van der Waals surface area contributed by atoms with Crippen molar-refractivity contribution in [3.05, 3.63) is 64.2 Å². The number of amides is 1. The van der Waals surface area contributed by atoms with Gasteiger partial charge >= 0.3 is 0 Å². The van der Waals surface area contributed by atoms with Gasteiger partial charge in [0.15, 0.2) is 5.82 Å².